The Morgan fingerprint density at radius 2 is 1.18 bits per heavy atom. The van der Waals surface area contributed by atoms with Crippen LogP contribution < -0.4 is 9.80 Å². The molecule has 3 aliphatic rings. The summed E-state index contributed by atoms with van der Waals surface area (Å²) in [5, 5.41) is 1.13. The number of nitrogens with zero attached hydrogens (tertiary/aromatic N) is 2. The second-order valence-electron chi connectivity index (χ2n) is 17.6. The van der Waals surface area contributed by atoms with Crippen molar-refractivity contribution >= 4 is 50.6 Å². The van der Waals surface area contributed by atoms with Crippen LogP contribution in [0.25, 0.3) is 44.4 Å². The molecule has 8 aromatic carbocycles. The van der Waals surface area contributed by atoms with Gasteiger partial charge in [0.05, 0.1) is 5.69 Å². The third kappa shape index (κ3) is 6.58. The first-order chi connectivity index (χ1) is 33.6. The zero-order valence-electron chi connectivity index (χ0n) is 37.9. The fourth-order valence-corrected chi connectivity index (χ4v) is 10.8. The lowest BCUT2D eigenvalue weighted by molar-refractivity contribution is 0.505. The van der Waals surface area contributed by atoms with E-state index in [0.717, 1.165) is 74.0 Å². The summed E-state index contributed by atoms with van der Waals surface area (Å²) in [6.45, 7) is 6.64. The maximum atomic E-state index is 7.33. The first-order valence-electron chi connectivity index (χ1n) is 23.5. The van der Waals surface area contributed by atoms with Crippen molar-refractivity contribution in [3.05, 3.63) is 295 Å². The van der Waals surface area contributed by atoms with E-state index in [0.29, 0.717) is 0 Å². The third-order valence-corrected chi connectivity index (χ3v) is 13.7. The molecule has 1 aromatic heterocycles. The number of hydrogen-bond acceptors (Lipinski definition) is 3. The van der Waals surface area contributed by atoms with Gasteiger partial charge in [-0.3, -0.25) is 0 Å². The molecule has 1 spiro atoms. The van der Waals surface area contributed by atoms with E-state index >= 15 is 0 Å². The zero-order chi connectivity index (χ0) is 45.6. The molecular formula is C65H48N2O. The topological polar surface area (TPSA) is 19.6 Å². The fourth-order valence-electron chi connectivity index (χ4n) is 10.8. The Bertz CT molecular complexity index is 3510. The van der Waals surface area contributed by atoms with Crippen molar-refractivity contribution in [2.24, 2.45) is 0 Å². The molecule has 0 amide bonds. The number of rotatable bonds is 10. The highest BCUT2D eigenvalue weighted by Gasteiger charge is 2.57. The molecule has 1 unspecified atom stereocenters. The van der Waals surface area contributed by atoms with Gasteiger partial charge in [-0.25, -0.2) is 0 Å². The zero-order valence-corrected chi connectivity index (χ0v) is 37.9. The quantitative estimate of drug-likeness (QED) is 0.128. The van der Waals surface area contributed by atoms with E-state index in [1.807, 2.05) is 19.1 Å². The van der Waals surface area contributed by atoms with Crippen LogP contribution in [0, 0.1) is 0 Å². The van der Waals surface area contributed by atoms with Gasteiger partial charge < -0.3 is 14.2 Å². The second kappa shape index (κ2) is 17.0. The number of furan rings is 1. The van der Waals surface area contributed by atoms with Crippen LogP contribution in [-0.2, 0) is 5.41 Å². The fraction of sp³-hybridized carbons (Fsp3) is 0.0462. The summed E-state index contributed by atoms with van der Waals surface area (Å²) in [6, 6.07) is 74.2. The smallest absolute Gasteiger partial charge is 0.135 e. The third-order valence-electron chi connectivity index (χ3n) is 13.7. The van der Waals surface area contributed by atoms with Crippen molar-refractivity contribution in [3.8, 4) is 22.3 Å². The van der Waals surface area contributed by atoms with Gasteiger partial charge in [-0.1, -0.05) is 189 Å². The maximum Gasteiger partial charge on any atom is 0.135 e. The molecule has 0 saturated carbocycles. The van der Waals surface area contributed by atoms with Crippen LogP contribution in [0.1, 0.15) is 41.4 Å². The molecule has 1 atom stereocenters. The summed E-state index contributed by atoms with van der Waals surface area (Å²) in [6.07, 6.45) is 16.2. The van der Waals surface area contributed by atoms with Crippen LogP contribution in [0.4, 0.5) is 28.4 Å². The van der Waals surface area contributed by atoms with Gasteiger partial charge >= 0.3 is 0 Å². The molecule has 0 saturated heterocycles. The molecule has 0 bridgehead atoms. The Kier molecular flexibility index (Phi) is 10.2. The highest BCUT2D eigenvalue weighted by Crippen LogP contribution is 2.66. The Hall–Kier alpha value is -8.66. The minimum atomic E-state index is -0.786. The second-order valence-corrected chi connectivity index (χ2v) is 17.6. The van der Waals surface area contributed by atoms with Crippen molar-refractivity contribution in [1.82, 2.24) is 0 Å². The van der Waals surface area contributed by atoms with Crippen LogP contribution in [-0.4, -0.2) is 0 Å². The average Bonchev–Trinajstić information content (AvgIpc) is 3.94. The van der Waals surface area contributed by atoms with Crippen LogP contribution in [0.5, 0.6) is 0 Å². The van der Waals surface area contributed by atoms with E-state index in [1.54, 1.807) is 0 Å². The van der Waals surface area contributed by atoms with Crippen LogP contribution >= 0.6 is 0 Å². The number of hydrogen-bond donors (Lipinski definition) is 0. The van der Waals surface area contributed by atoms with Crippen LogP contribution in [0.2, 0.25) is 0 Å². The van der Waals surface area contributed by atoms with Crippen molar-refractivity contribution in [2.45, 2.75) is 18.8 Å². The molecule has 0 fully saturated rings. The monoisotopic (exact) mass is 872 g/mol. The Balaban J connectivity index is 1.12. The lowest BCUT2D eigenvalue weighted by Gasteiger charge is -2.33. The molecular weight excluding hydrogens is 825 g/mol. The lowest BCUT2D eigenvalue weighted by Crippen LogP contribution is -2.27. The molecule has 12 rings (SSSR count). The van der Waals surface area contributed by atoms with Gasteiger partial charge in [0.25, 0.3) is 0 Å². The van der Waals surface area contributed by atoms with Crippen molar-refractivity contribution < 1.29 is 4.42 Å². The molecule has 3 heteroatoms. The predicted molar refractivity (Wildman–Crippen MR) is 285 cm³/mol. The summed E-state index contributed by atoms with van der Waals surface area (Å²) >= 11 is 0. The number of allylic oxidation sites excluding steroid dienone is 10. The Morgan fingerprint density at radius 3 is 1.94 bits per heavy atom. The Labute approximate surface area is 398 Å². The molecule has 324 valence electrons. The molecule has 1 heterocycles. The highest BCUT2D eigenvalue weighted by molar-refractivity contribution is 6.08. The summed E-state index contributed by atoms with van der Waals surface area (Å²) in [4.78, 5) is 4.80. The largest absolute Gasteiger partial charge is 0.459 e. The summed E-state index contributed by atoms with van der Waals surface area (Å²) in [5.74, 6) is 0.966. The molecule has 9 aromatic rings. The SMILES string of the molecule is C=C(/C=C\C=C/C)c1ccccc1N(c1ccc(-c2ccccc2)cc1)c1ccc2c(c1)C1(C3=CC(N(c4ccccc4)c4ccccc4)=CCC=C3c3c1oc1ccccc31)c1ccccc1-2. The molecule has 3 nitrogen and oxygen atoms in total. The number of benzene rings is 8. The molecule has 0 N–H and O–H groups in total. The molecule has 0 radical (unpaired) electrons. The average molecular weight is 873 g/mol. The van der Waals surface area contributed by atoms with Gasteiger partial charge in [0.15, 0.2) is 0 Å². The van der Waals surface area contributed by atoms with E-state index in [9.17, 15) is 0 Å². The van der Waals surface area contributed by atoms with E-state index in [4.69, 9.17) is 4.42 Å². The summed E-state index contributed by atoms with van der Waals surface area (Å²) in [7, 11) is 0. The number of anilines is 5. The Morgan fingerprint density at radius 1 is 0.559 bits per heavy atom. The van der Waals surface area contributed by atoms with Gasteiger partial charge in [0.2, 0.25) is 0 Å². The summed E-state index contributed by atoms with van der Waals surface area (Å²) in [5.41, 5.74) is 19.3. The first-order valence-corrected chi connectivity index (χ1v) is 23.5. The normalized spacial score (nSPS) is 15.6. The van der Waals surface area contributed by atoms with Crippen molar-refractivity contribution in [2.75, 3.05) is 9.80 Å². The first kappa shape index (κ1) is 40.8. The van der Waals surface area contributed by atoms with Gasteiger partial charge in [-0.05, 0) is 130 Å². The number of para-hydroxylation sites is 4. The minimum absolute atomic E-state index is 0.750. The van der Waals surface area contributed by atoms with E-state index in [2.05, 4.69) is 253 Å². The molecule has 0 aliphatic heterocycles. The minimum Gasteiger partial charge on any atom is -0.459 e. The van der Waals surface area contributed by atoms with E-state index < -0.39 is 5.41 Å². The summed E-state index contributed by atoms with van der Waals surface area (Å²) < 4.78 is 7.33. The molecule has 3 aliphatic carbocycles. The standard InChI is InChI=1S/C65H48N2O/c1-3-4-8-22-45(2)53-30-16-19-35-61(53)67(50-39-37-47(38-40-50)46-23-9-5-10-24-46)52-41-42-55-54-31-15-18-34-58(54)65(59(55)44-52)60-43-51(66(48-25-11-6-12-26-48)49-27-13-7-14-28-49)29-21-33-56(60)63-57-32-17-20-36-62(57)68-64(63)65/h3-20,22-44H,2,21H2,1H3/b4-3-,22-8-. The highest BCUT2D eigenvalue weighted by atomic mass is 16.3. The van der Waals surface area contributed by atoms with Crippen molar-refractivity contribution in [3.63, 3.8) is 0 Å². The van der Waals surface area contributed by atoms with E-state index in [-0.39, 0.29) is 0 Å². The van der Waals surface area contributed by atoms with E-state index in [1.165, 1.54) is 44.5 Å². The molecule has 68 heavy (non-hydrogen) atoms. The van der Waals surface area contributed by atoms with Crippen LogP contribution in [0.3, 0.4) is 0 Å². The lowest BCUT2D eigenvalue weighted by atomic mass is 9.72. The van der Waals surface area contributed by atoms with Gasteiger partial charge in [-0.15, -0.1) is 0 Å². The predicted octanol–water partition coefficient (Wildman–Crippen LogP) is 17.5. The van der Waals surface area contributed by atoms with Gasteiger partial charge in [-0.2, -0.15) is 0 Å². The maximum absolute atomic E-state index is 7.33. The van der Waals surface area contributed by atoms with Gasteiger partial charge in [0, 0.05) is 45.0 Å². The van der Waals surface area contributed by atoms with Gasteiger partial charge in [0.1, 0.15) is 16.8 Å². The van der Waals surface area contributed by atoms with Crippen LogP contribution in [0.15, 0.2) is 271 Å². The number of fused-ring (bicyclic) bond motifs is 12. The van der Waals surface area contributed by atoms with Crippen molar-refractivity contribution in [1.29, 1.82) is 0 Å².